The van der Waals surface area contributed by atoms with Crippen molar-refractivity contribution in [1.29, 1.82) is 0 Å². The molecule has 100 valence electrons. The SMILES string of the molecule is COCCC1COCCN1C(=O)c1cc[nH]c1C. The molecule has 0 radical (unpaired) electrons. The molecular formula is C13H20N2O3. The number of morpholine rings is 1. The van der Waals surface area contributed by atoms with Crippen molar-refractivity contribution >= 4 is 5.91 Å². The molecule has 1 aromatic rings. The van der Waals surface area contributed by atoms with Gasteiger partial charge >= 0.3 is 0 Å². The molecule has 1 aliphatic rings. The number of hydrogen-bond acceptors (Lipinski definition) is 3. The molecule has 1 amide bonds. The number of carbonyl (C=O) groups is 1. The molecule has 2 rings (SSSR count). The van der Waals surface area contributed by atoms with Gasteiger partial charge in [0.25, 0.3) is 5.91 Å². The van der Waals surface area contributed by atoms with E-state index >= 15 is 0 Å². The van der Waals surface area contributed by atoms with Crippen molar-refractivity contribution < 1.29 is 14.3 Å². The average molecular weight is 252 g/mol. The Labute approximate surface area is 107 Å². The third kappa shape index (κ3) is 2.73. The number of aromatic amines is 1. The summed E-state index contributed by atoms with van der Waals surface area (Å²) in [4.78, 5) is 17.4. The molecular weight excluding hydrogens is 232 g/mol. The van der Waals surface area contributed by atoms with Gasteiger partial charge in [-0.25, -0.2) is 0 Å². The van der Waals surface area contributed by atoms with Crippen LogP contribution in [-0.2, 0) is 9.47 Å². The number of aromatic nitrogens is 1. The summed E-state index contributed by atoms with van der Waals surface area (Å²) in [5.74, 6) is 0.0816. The molecule has 5 nitrogen and oxygen atoms in total. The number of ether oxygens (including phenoxy) is 2. The summed E-state index contributed by atoms with van der Waals surface area (Å²) in [5.41, 5.74) is 1.66. The van der Waals surface area contributed by atoms with Crippen LogP contribution >= 0.6 is 0 Å². The minimum atomic E-state index is 0.0816. The second kappa shape index (κ2) is 6.02. The number of nitrogens with zero attached hydrogens (tertiary/aromatic N) is 1. The first-order valence-electron chi connectivity index (χ1n) is 6.25. The number of amides is 1. The fourth-order valence-electron chi connectivity index (χ4n) is 2.25. The highest BCUT2D eigenvalue weighted by Gasteiger charge is 2.28. The van der Waals surface area contributed by atoms with E-state index in [0.717, 1.165) is 17.7 Å². The minimum absolute atomic E-state index is 0.0816. The monoisotopic (exact) mass is 252 g/mol. The zero-order valence-corrected chi connectivity index (χ0v) is 10.9. The highest BCUT2D eigenvalue weighted by Crippen LogP contribution is 2.16. The first-order chi connectivity index (χ1) is 8.74. The highest BCUT2D eigenvalue weighted by atomic mass is 16.5. The maximum absolute atomic E-state index is 12.5. The number of H-pyrrole nitrogens is 1. The Bertz CT molecular complexity index is 403. The van der Waals surface area contributed by atoms with Crippen molar-refractivity contribution in [3.8, 4) is 0 Å². The summed E-state index contributed by atoms with van der Waals surface area (Å²) < 4.78 is 10.5. The van der Waals surface area contributed by atoms with Crippen molar-refractivity contribution in [2.75, 3.05) is 33.5 Å². The quantitative estimate of drug-likeness (QED) is 0.876. The minimum Gasteiger partial charge on any atom is -0.385 e. The standard InChI is InChI=1S/C13H20N2O3/c1-10-12(3-5-14-10)13(16)15-6-8-18-9-11(15)4-7-17-2/h3,5,11,14H,4,6-9H2,1-2H3. The Balaban J connectivity index is 2.08. The Kier molecular flexibility index (Phi) is 4.38. The van der Waals surface area contributed by atoms with Gasteiger partial charge in [-0.1, -0.05) is 0 Å². The summed E-state index contributed by atoms with van der Waals surface area (Å²) in [5, 5.41) is 0. The predicted molar refractivity (Wildman–Crippen MR) is 67.7 cm³/mol. The Morgan fingerprint density at radius 1 is 1.67 bits per heavy atom. The molecule has 0 bridgehead atoms. The van der Waals surface area contributed by atoms with Crippen molar-refractivity contribution in [1.82, 2.24) is 9.88 Å². The lowest BCUT2D eigenvalue weighted by atomic mass is 10.1. The number of aryl methyl sites for hydroxylation is 1. The van der Waals surface area contributed by atoms with Gasteiger partial charge in [-0.05, 0) is 19.4 Å². The van der Waals surface area contributed by atoms with Crippen LogP contribution < -0.4 is 0 Å². The van der Waals surface area contributed by atoms with Gasteiger partial charge in [0, 0.05) is 32.2 Å². The van der Waals surface area contributed by atoms with Gasteiger partial charge in [0.15, 0.2) is 0 Å². The Hall–Kier alpha value is -1.33. The number of rotatable bonds is 4. The van der Waals surface area contributed by atoms with Crippen LogP contribution in [0, 0.1) is 6.92 Å². The molecule has 18 heavy (non-hydrogen) atoms. The van der Waals surface area contributed by atoms with Gasteiger partial charge in [-0.15, -0.1) is 0 Å². The van der Waals surface area contributed by atoms with E-state index in [2.05, 4.69) is 4.98 Å². The smallest absolute Gasteiger partial charge is 0.256 e. The summed E-state index contributed by atoms with van der Waals surface area (Å²) in [6.45, 7) is 4.41. The fraction of sp³-hybridized carbons (Fsp3) is 0.615. The van der Waals surface area contributed by atoms with Crippen LogP contribution in [0.15, 0.2) is 12.3 Å². The average Bonchev–Trinajstić information content (AvgIpc) is 2.82. The molecule has 5 heteroatoms. The molecule has 0 saturated carbocycles. The van der Waals surface area contributed by atoms with Gasteiger partial charge in [0.2, 0.25) is 0 Å². The third-order valence-electron chi connectivity index (χ3n) is 3.33. The number of carbonyl (C=O) groups excluding carboxylic acids is 1. The van der Waals surface area contributed by atoms with Crippen LogP contribution in [0.1, 0.15) is 22.5 Å². The second-order valence-electron chi connectivity index (χ2n) is 4.53. The molecule has 0 aliphatic carbocycles. The first-order valence-corrected chi connectivity index (χ1v) is 6.25. The molecule has 0 spiro atoms. The lowest BCUT2D eigenvalue weighted by molar-refractivity contribution is -0.0104. The summed E-state index contributed by atoms with van der Waals surface area (Å²) in [6.07, 6.45) is 2.61. The van der Waals surface area contributed by atoms with Crippen molar-refractivity contribution in [3.63, 3.8) is 0 Å². The fourth-order valence-corrected chi connectivity index (χ4v) is 2.25. The van der Waals surface area contributed by atoms with Crippen molar-refractivity contribution in [3.05, 3.63) is 23.5 Å². The molecule has 2 heterocycles. The number of methoxy groups -OCH3 is 1. The van der Waals surface area contributed by atoms with Crippen LogP contribution in [0.3, 0.4) is 0 Å². The van der Waals surface area contributed by atoms with E-state index in [1.165, 1.54) is 0 Å². The van der Waals surface area contributed by atoms with Crippen LogP contribution in [0.4, 0.5) is 0 Å². The largest absolute Gasteiger partial charge is 0.385 e. The molecule has 0 aromatic carbocycles. The van der Waals surface area contributed by atoms with E-state index in [1.54, 1.807) is 13.3 Å². The molecule has 1 aromatic heterocycles. The second-order valence-corrected chi connectivity index (χ2v) is 4.53. The molecule has 1 atom stereocenters. The van der Waals surface area contributed by atoms with Crippen LogP contribution in [0.25, 0.3) is 0 Å². The van der Waals surface area contributed by atoms with Gasteiger partial charge in [0.1, 0.15) is 0 Å². The Morgan fingerprint density at radius 3 is 3.17 bits per heavy atom. The highest BCUT2D eigenvalue weighted by molar-refractivity contribution is 5.95. The molecule has 1 N–H and O–H groups in total. The number of nitrogens with one attached hydrogen (secondary N) is 1. The van der Waals surface area contributed by atoms with Gasteiger partial charge < -0.3 is 19.4 Å². The van der Waals surface area contributed by atoms with Crippen LogP contribution in [-0.4, -0.2) is 55.3 Å². The summed E-state index contributed by atoms with van der Waals surface area (Å²) in [6, 6.07) is 1.95. The molecule has 1 aliphatic heterocycles. The van der Waals surface area contributed by atoms with Crippen molar-refractivity contribution in [2.24, 2.45) is 0 Å². The van der Waals surface area contributed by atoms with E-state index in [4.69, 9.17) is 9.47 Å². The van der Waals surface area contributed by atoms with Gasteiger partial charge in [-0.3, -0.25) is 4.79 Å². The zero-order valence-electron chi connectivity index (χ0n) is 10.9. The third-order valence-corrected chi connectivity index (χ3v) is 3.33. The zero-order chi connectivity index (χ0) is 13.0. The normalized spacial score (nSPS) is 20.1. The van der Waals surface area contributed by atoms with Crippen LogP contribution in [0.2, 0.25) is 0 Å². The summed E-state index contributed by atoms with van der Waals surface area (Å²) in [7, 11) is 1.67. The molecule has 1 unspecified atom stereocenters. The number of hydrogen-bond donors (Lipinski definition) is 1. The van der Waals surface area contributed by atoms with E-state index < -0.39 is 0 Å². The lowest BCUT2D eigenvalue weighted by Crippen LogP contribution is -2.49. The van der Waals surface area contributed by atoms with E-state index in [1.807, 2.05) is 17.9 Å². The Morgan fingerprint density at radius 2 is 2.50 bits per heavy atom. The molecule has 1 fully saturated rings. The first kappa shape index (κ1) is 13.1. The van der Waals surface area contributed by atoms with Crippen LogP contribution in [0.5, 0.6) is 0 Å². The maximum Gasteiger partial charge on any atom is 0.256 e. The summed E-state index contributed by atoms with van der Waals surface area (Å²) >= 11 is 0. The van der Waals surface area contributed by atoms with E-state index in [9.17, 15) is 4.79 Å². The van der Waals surface area contributed by atoms with Gasteiger partial charge in [0.05, 0.1) is 24.8 Å². The van der Waals surface area contributed by atoms with Crippen molar-refractivity contribution in [2.45, 2.75) is 19.4 Å². The molecule has 1 saturated heterocycles. The predicted octanol–water partition coefficient (Wildman–Crippen LogP) is 1.20. The van der Waals surface area contributed by atoms with E-state index in [0.29, 0.717) is 26.4 Å². The topological polar surface area (TPSA) is 54.6 Å². The van der Waals surface area contributed by atoms with Gasteiger partial charge in [-0.2, -0.15) is 0 Å². The lowest BCUT2D eigenvalue weighted by Gasteiger charge is -2.35. The maximum atomic E-state index is 12.5. The van der Waals surface area contributed by atoms with E-state index in [-0.39, 0.29) is 11.9 Å².